The Kier molecular flexibility index (Phi) is 3.82. The zero-order chi connectivity index (χ0) is 12.4. The summed E-state index contributed by atoms with van der Waals surface area (Å²) in [5.74, 6) is -0.423. The average molecular weight is 284 g/mol. The summed E-state index contributed by atoms with van der Waals surface area (Å²) in [5, 5.41) is 0. The number of rotatable bonds is 4. The van der Waals surface area contributed by atoms with Gasteiger partial charge in [-0.1, -0.05) is 18.2 Å². The first-order chi connectivity index (χ1) is 7.17. The van der Waals surface area contributed by atoms with Gasteiger partial charge in [0.15, 0.2) is 0 Å². The van der Waals surface area contributed by atoms with Crippen LogP contribution in [0.15, 0.2) is 24.3 Å². The van der Waals surface area contributed by atoms with Crippen LogP contribution in [-0.2, 0) is 24.8 Å². The van der Waals surface area contributed by atoms with Crippen molar-refractivity contribution < 1.29 is 16.8 Å². The minimum absolute atomic E-state index is 0.217. The summed E-state index contributed by atoms with van der Waals surface area (Å²) in [7, 11) is -2.06. The fourth-order valence-electron chi connectivity index (χ4n) is 1.13. The number of benzene rings is 1. The molecule has 0 aliphatic carbocycles. The van der Waals surface area contributed by atoms with E-state index in [-0.39, 0.29) is 5.69 Å². The van der Waals surface area contributed by atoms with Gasteiger partial charge in [0.1, 0.15) is 0 Å². The highest BCUT2D eigenvalue weighted by atomic mass is 35.7. The summed E-state index contributed by atoms with van der Waals surface area (Å²) in [6.07, 6.45) is 0.985. The van der Waals surface area contributed by atoms with Crippen LogP contribution in [0.2, 0.25) is 0 Å². The summed E-state index contributed by atoms with van der Waals surface area (Å²) in [4.78, 5) is 0. The van der Waals surface area contributed by atoms with Crippen molar-refractivity contribution in [2.75, 3.05) is 11.0 Å². The Morgan fingerprint density at radius 2 is 1.75 bits per heavy atom. The summed E-state index contributed by atoms with van der Waals surface area (Å²) in [6.45, 7) is 0. The highest BCUT2D eigenvalue weighted by Crippen LogP contribution is 2.20. The largest absolute Gasteiger partial charge is 0.283 e. The van der Waals surface area contributed by atoms with Crippen molar-refractivity contribution in [3.8, 4) is 0 Å². The van der Waals surface area contributed by atoms with Gasteiger partial charge >= 0.3 is 0 Å². The van der Waals surface area contributed by atoms with E-state index >= 15 is 0 Å². The van der Waals surface area contributed by atoms with Gasteiger partial charge in [0.05, 0.1) is 17.7 Å². The molecule has 0 aliphatic rings. The van der Waals surface area contributed by atoms with Gasteiger partial charge in [-0.25, -0.2) is 16.8 Å². The van der Waals surface area contributed by atoms with Crippen molar-refractivity contribution in [3.05, 3.63) is 29.8 Å². The lowest BCUT2D eigenvalue weighted by Crippen LogP contribution is -2.12. The zero-order valence-electron chi connectivity index (χ0n) is 8.34. The molecule has 0 atom stereocenters. The number of hydrogen-bond donors (Lipinski definition) is 1. The van der Waals surface area contributed by atoms with Crippen molar-refractivity contribution in [3.63, 3.8) is 0 Å². The van der Waals surface area contributed by atoms with Crippen LogP contribution in [0.4, 0.5) is 5.69 Å². The molecule has 0 bridgehead atoms. The minimum Gasteiger partial charge on any atom is -0.283 e. The molecule has 1 rings (SSSR count). The van der Waals surface area contributed by atoms with Crippen molar-refractivity contribution in [1.29, 1.82) is 0 Å². The number of anilines is 1. The topological polar surface area (TPSA) is 80.3 Å². The normalized spacial score (nSPS) is 12.4. The highest BCUT2D eigenvalue weighted by molar-refractivity contribution is 8.13. The Labute approximate surface area is 98.9 Å². The van der Waals surface area contributed by atoms with Gasteiger partial charge in [-0.15, -0.1) is 0 Å². The van der Waals surface area contributed by atoms with E-state index in [1.54, 1.807) is 12.1 Å². The highest BCUT2D eigenvalue weighted by Gasteiger charge is 2.12. The molecule has 0 saturated heterocycles. The second-order valence-corrected chi connectivity index (χ2v) is 7.74. The van der Waals surface area contributed by atoms with E-state index in [0.717, 1.165) is 6.26 Å². The molecule has 0 spiro atoms. The molecule has 90 valence electrons. The number of sulfonamides is 1. The van der Waals surface area contributed by atoms with Crippen LogP contribution < -0.4 is 4.72 Å². The van der Waals surface area contributed by atoms with Crippen molar-refractivity contribution in [1.82, 2.24) is 0 Å². The fourth-order valence-corrected chi connectivity index (χ4v) is 2.71. The third-order valence-electron chi connectivity index (χ3n) is 1.64. The molecular weight excluding hydrogens is 274 g/mol. The molecule has 5 nitrogen and oxygen atoms in total. The zero-order valence-corrected chi connectivity index (χ0v) is 10.7. The molecule has 0 aliphatic heterocycles. The molecule has 0 fully saturated rings. The summed E-state index contributed by atoms with van der Waals surface area (Å²) in [6, 6.07) is 6.16. The minimum atomic E-state index is -3.72. The fraction of sp³-hybridized carbons (Fsp3) is 0.250. The Hall–Kier alpha value is -0.790. The molecular formula is C8H10ClNO4S2. The van der Waals surface area contributed by atoms with Crippen LogP contribution >= 0.6 is 10.7 Å². The molecule has 0 radical (unpaired) electrons. The number of nitrogens with one attached hydrogen (secondary N) is 1. The first kappa shape index (κ1) is 13.3. The molecule has 1 aromatic carbocycles. The average Bonchev–Trinajstić information content (AvgIpc) is 2.03. The van der Waals surface area contributed by atoms with E-state index in [1.165, 1.54) is 12.1 Å². The molecule has 0 unspecified atom stereocenters. The van der Waals surface area contributed by atoms with Crippen LogP contribution in [0.1, 0.15) is 5.56 Å². The first-order valence-electron chi connectivity index (χ1n) is 4.15. The van der Waals surface area contributed by atoms with Crippen molar-refractivity contribution in [2.24, 2.45) is 0 Å². The second kappa shape index (κ2) is 4.60. The maximum Gasteiger partial charge on any atom is 0.236 e. The summed E-state index contributed by atoms with van der Waals surface area (Å²) < 4.78 is 46.1. The number of hydrogen-bond acceptors (Lipinski definition) is 4. The van der Waals surface area contributed by atoms with Crippen LogP contribution in [0.25, 0.3) is 0 Å². The second-order valence-electron chi connectivity index (χ2n) is 3.21. The molecule has 0 saturated carbocycles. The van der Waals surface area contributed by atoms with Gasteiger partial charge in [-0.3, -0.25) is 4.72 Å². The van der Waals surface area contributed by atoms with Gasteiger partial charge in [-0.2, -0.15) is 0 Å². The molecule has 8 heteroatoms. The Bertz CT molecular complexity index is 527. The van der Waals surface area contributed by atoms with Crippen molar-refractivity contribution >= 4 is 35.4 Å². The van der Waals surface area contributed by atoms with Gasteiger partial charge < -0.3 is 0 Å². The standard InChI is InChI=1S/C8H10ClNO4S2/c1-15(11,12)10-8-5-3-2-4-7(8)6-16(9,13)14/h2-5,10H,6H2,1H3. The van der Waals surface area contributed by atoms with Crippen LogP contribution in [-0.4, -0.2) is 23.1 Å². The van der Waals surface area contributed by atoms with Gasteiger partial charge in [0.25, 0.3) is 0 Å². The van der Waals surface area contributed by atoms with E-state index in [2.05, 4.69) is 4.72 Å². The van der Waals surface area contributed by atoms with E-state index in [0.29, 0.717) is 5.56 Å². The maximum absolute atomic E-state index is 11.0. The van der Waals surface area contributed by atoms with E-state index in [4.69, 9.17) is 10.7 Å². The lowest BCUT2D eigenvalue weighted by Gasteiger charge is -2.08. The van der Waals surface area contributed by atoms with Gasteiger partial charge in [0, 0.05) is 10.7 Å². The maximum atomic E-state index is 11.0. The van der Waals surface area contributed by atoms with Crippen molar-refractivity contribution in [2.45, 2.75) is 5.75 Å². The molecule has 16 heavy (non-hydrogen) atoms. The van der Waals surface area contributed by atoms with Crippen LogP contribution in [0, 0.1) is 0 Å². The van der Waals surface area contributed by atoms with Crippen LogP contribution in [0.3, 0.4) is 0 Å². The smallest absolute Gasteiger partial charge is 0.236 e. The van der Waals surface area contributed by atoms with Gasteiger partial charge in [0.2, 0.25) is 19.1 Å². The molecule has 0 amide bonds. The van der Waals surface area contributed by atoms with E-state index < -0.39 is 24.8 Å². The van der Waals surface area contributed by atoms with E-state index in [9.17, 15) is 16.8 Å². The summed E-state index contributed by atoms with van der Waals surface area (Å²) in [5.41, 5.74) is 0.525. The predicted octanol–water partition coefficient (Wildman–Crippen LogP) is 1.13. The van der Waals surface area contributed by atoms with Gasteiger partial charge in [-0.05, 0) is 11.6 Å². The predicted molar refractivity (Wildman–Crippen MR) is 63.4 cm³/mol. The molecule has 0 aromatic heterocycles. The van der Waals surface area contributed by atoms with Crippen LogP contribution in [0.5, 0.6) is 0 Å². The molecule has 0 heterocycles. The Balaban J connectivity index is 3.11. The Morgan fingerprint density at radius 3 is 2.25 bits per heavy atom. The lowest BCUT2D eigenvalue weighted by atomic mass is 10.2. The monoisotopic (exact) mass is 283 g/mol. The van der Waals surface area contributed by atoms with E-state index in [1.807, 2.05) is 0 Å². The quantitative estimate of drug-likeness (QED) is 0.840. The first-order valence-corrected chi connectivity index (χ1v) is 8.52. The number of para-hydroxylation sites is 1. The Morgan fingerprint density at radius 1 is 1.19 bits per heavy atom. The summed E-state index contributed by atoms with van der Waals surface area (Å²) >= 11 is 0. The lowest BCUT2D eigenvalue weighted by molar-refractivity contribution is 0.605. The third-order valence-corrected chi connectivity index (χ3v) is 3.21. The third kappa shape index (κ3) is 4.82. The SMILES string of the molecule is CS(=O)(=O)Nc1ccccc1CS(=O)(=O)Cl. The molecule has 1 aromatic rings. The molecule has 1 N–H and O–H groups in total. The number of halogens is 1.